The number of ether oxygens (including phenoxy) is 3. The van der Waals surface area contributed by atoms with Gasteiger partial charge in [-0.1, -0.05) is 39.3 Å². The zero-order valence-corrected chi connectivity index (χ0v) is 30.8. The van der Waals surface area contributed by atoms with Crippen molar-refractivity contribution in [2.45, 2.75) is 111 Å². The molecule has 272 valence electrons. The fourth-order valence-corrected chi connectivity index (χ4v) is 4.69. The van der Waals surface area contributed by atoms with Gasteiger partial charge < -0.3 is 35.9 Å². The number of allylic oxidation sites excluding steroid dienone is 1. The Bertz CT molecular complexity index is 1240. The van der Waals surface area contributed by atoms with Crippen LogP contribution in [-0.4, -0.2) is 74.9 Å². The van der Waals surface area contributed by atoms with Gasteiger partial charge in [-0.05, 0) is 82.4 Å². The lowest BCUT2D eigenvalue weighted by molar-refractivity contribution is -0.156. The third-order valence-corrected chi connectivity index (χ3v) is 7.94. The molecule has 2 rings (SSSR count). The van der Waals surface area contributed by atoms with E-state index in [2.05, 4.69) is 34.3 Å². The maximum Gasteiger partial charge on any atom is 0.308 e. The van der Waals surface area contributed by atoms with Crippen LogP contribution in [0.2, 0.25) is 0 Å². The fourth-order valence-electron chi connectivity index (χ4n) is 4.44. The monoisotopic (exact) mass is 696 g/mol. The summed E-state index contributed by atoms with van der Waals surface area (Å²) in [6.45, 7) is 14.4. The summed E-state index contributed by atoms with van der Waals surface area (Å²) in [5, 5.41) is 8.65. The molecule has 1 unspecified atom stereocenters. The molecule has 48 heavy (non-hydrogen) atoms. The van der Waals surface area contributed by atoms with Crippen molar-refractivity contribution in [3.05, 3.63) is 35.0 Å². The number of unbranched alkanes of at least 4 members (excludes halogenated alkanes) is 2. The van der Waals surface area contributed by atoms with Crippen LogP contribution >= 0.6 is 12.6 Å². The van der Waals surface area contributed by atoms with E-state index in [1.807, 2.05) is 73.7 Å². The Balaban J connectivity index is 0.00000369. The van der Waals surface area contributed by atoms with Crippen molar-refractivity contribution < 1.29 is 37.8 Å². The summed E-state index contributed by atoms with van der Waals surface area (Å²) in [5.74, 6) is -0.546. The average molecular weight is 697 g/mol. The zero-order chi connectivity index (χ0) is 36.5. The Morgan fingerprint density at radius 2 is 1.71 bits per heavy atom. The van der Waals surface area contributed by atoms with Gasteiger partial charge in [0, 0.05) is 24.2 Å². The first kappa shape index (κ1) is 42.7. The first-order valence-corrected chi connectivity index (χ1v) is 16.9. The van der Waals surface area contributed by atoms with Crippen LogP contribution in [0, 0.1) is 5.41 Å². The second-order valence-corrected chi connectivity index (χ2v) is 14.3. The number of rotatable bonds is 18. The highest BCUT2D eigenvalue weighted by Crippen LogP contribution is 2.40. The van der Waals surface area contributed by atoms with Crippen LogP contribution in [-0.2, 0) is 35.1 Å². The third kappa shape index (κ3) is 16.2. The molecule has 5 N–H and O–H groups in total. The van der Waals surface area contributed by atoms with E-state index >= 15 is 0 Å². The minimum Gasteiger partial charge on any atom is -0.491 e. The molecule has 0 radical (unpaired) electrons. The Hall–Kier alpha value is -3.32. The number of halogens is 1. The summed E-state index contributed by atoms with van der Waals surface area (Å²) in [6, 6.07) is 5.23. The highest BCUT2D eigenvalue weighted by molar-refractivity contribution is 7.90. The predicted octanol–water partition coefficient (Wildman–Crippen LogP) is 4.62. The molecule has 3 amide bonds. The third-order valence-electron chi connectivity index (χ3n) is 7.35. The van der Waals surface area contributed by atoms with Gasteiger partial charge in [-0.2, -0.15) is 0 Å². The van der Waals surface area contributed by atoms with Gasteiger partial charge in [-0.3, -0.25) is 19.2 Å². The lowest BCUT2D eigenvalue weighted by Gasteiger charge is -2.30. The van der Waals surface area contributed by atoms with E-state index in [-0.39, 0.29) is 44.2 Å². The van der Waals surface area contributed by atoms with Crippen LogP contribution in [0.25, 0.3) is 4.91 Å². The molecule has 13 heteroatoms. The maximum absolute atomic E-state index is 14.2. The standard InChI is InChI=1S/C34H54FN3O6S.CH3NO/c1-23(36-8)28(45)25-14-13-24(26(22-25)43-21-20-42-19-15-27(39)44-33(5,6)7)12-10-9-11-18-37-30(40)29(32(2,3)4)38-31(41)34(35)16-17-34;2-1-3/h13-14,22,29,36,45H,9-12,15-21H2,1-8H3,(H,37,40)(H,38,41);1H,(H2,2,3)/b28-23-;. The number of nitrogens with one attached hydrogen (secondary N) is 3. The lowest BCUT2D eigenvalue weighted by atomic mass is 9.86. The highest BCUT2D eigenvalue weighted by Gasteiger charge is 2.52. The van der Waals surface area contributed by atoms with Gasteiger partial charge in [0.2, 0.25) is 12.3 Å². The molecular weight excluding hydrogens is 639 g/mol. The Labute approximate surface area is 291 Å². The molecule has 11 nitrogen and oxygen atoms in total. The van der Waals surface area contributed by atoms with Crippen molar-refractivity contribution in [1.82, 2.24) is 16.0 Å². The van der Waals surface area contributed by atoms with Gasteiger partial charge in [-0.25, -0.2) is 4.39 Å². The quantitative estimate of drug-likeness (QED) is 0.0645. The first-order chi connectivity index (χ1) is 22.4. The van der Waals surface area contributed by atoms with Crippen molar-refractivity contribution in [3.8, 4) is 5.75 Å². The Morgan fingerprint density at radius 3 is 2.27 bits per heavy atom. The SMILES string of the molecule is CN/C(C)=C(\S)c1ccc(CCCCCNC(=O)C(NC(=O)C2(F)CC2)C(C)(C)C)c(OCCOCCC(=O)OC(C)(C)C)c1.NC=O. The zero-order valence-electron chi connectivity index (χ0n) is 29.9. The number of carbonyl (C=O) groups is 4. The number of primary amides is 1. The molecule has 0 saturated heterocycles. The Kier molecular flexibility index (Phi) is 18.0. The average Bonchev–Trinajstić information content (AvgIpc) is 3.76. The molecule has 0 spiro atoms. The van der Waals surface area contributed by atoms with Crippen LogP contribution in [0.4, 0.5) is 4.39 Å². The largest absolute Gasteiger partial charge is 0.491 e. The molecule has 0 aliphatic heterocycles. The van der Waals surface area contributed by atoms with Gasteiger partial charge in [0.1, 0.15) is 24.0 Å². The molecule has 1 atom stereocenters. The van der Waals surface area contributed by atoms with Crippen molar-refractivity contribution in [2.75, 3.05) is 33.4 Å². The normalized spacial score (nSPS) is 14.7. The number of benzene rings is 1. The number of hydrogen-bond donors (Lipinski definition) is 5. The van der Waals surface area contributed by atoms with E-state index in [0.717, 1.165) is 53.2 Å². The summed E-state index contributed by atoms with van der Waals surface area (Å²) in [5.41, 5.74) is 4.19. The van der Waals surface area contributed by atoms with Crippen LogP contribution in [0.5, 0.6) is 5.75 Å². The van der Waals surface area contributed by atoms with Crippen molar-refractivity contribution in [2.24, 2.45) is 11.1 Å². The van der Waals surface area contributed by atoms with Crippen LogP contribution in [0.1, 0.15) is 98.1 Å². The number of hydrogen-bond acceptors (Lipinski definition) is 9. The first-order valence-electron chi connectivity index (χ1n) is 16.4. The van der Waals surface area contributed by atoms with E-state index in [1.54, 1.807) is 0 Å². The van der Waals surface area contributed by atoms with Crippen molar-refractivity contribution in [1.29, 1.82) is 0 Å². The fraction of sp³-hybridized carbons (Fsp3) is 0.657. The molecular formula is C35H57FN4O7S. The van der Waals surface area contributed by atoms with Gasteiger partial charge in [-0.15, -0.1) is 12.6 Å². The number of esters is 1. The lowest BCUT2D eigenvalue weighted by Crippen LogP contribution is -2.55. The van der Waals surface area contributed by atoms with Crippen molar-refractivity contribution >= 4 is 41.7 Å². The molecule has 1 aromatic carbocycles. The summed E-state index contributed by atoms with van der Waals surface area (Å²) < 4.78 is 31.2. The molecule has 0 aromatic heterocycles. The number of nitrogens with two attached hydrogens (primary N) is 1. The number of thiol groups is 1. The van der Waals surface area contributed by atoms with E-state index in [0.29, 0.717) is 19.8 Å². The summed E-state index contributed by atoms with van der Waals surface area (Å²) in [6.07, 6.45) is 4.12. The minimum atomic E-state index is -1.82. The van der Waals surface area contributed by atoms with E-state index in [4.69, 9.17) is 19.0 Å². The summed E-state index contributed by atoms with van der Waals surface area (Å²) in [4.78, 5) is 46.4. The van der Waals surface area contributed by atoms with E-state index in [9.17, 15) is 18.8 Å². The molecule has 1 saturated carbocycles. The summed E-state index contributed by atoms with van der Waals surface area (Å²) in [7, 11) is 1.85. The van der Waals surface area contributed by atoms with Gasteiger partial charge >= 0.3 is 5.97 Å². The maximum atomic E-state index is 14.2. The number of aryl methyl sites for hydroxylation is 1. The minimum absolute atomic E-state index is 0.180. The summed E-state index contributed by atoms with van der Waals surface area (Å²) >= 11 is 4.67. The predicted molar refractivity (Wildman–Crippen MR) is 189 cm³/mol. The molecule has 1 aliphatic rings. The van der Waals surface area contributed by atoms with E-state index in [1.165, 1.54) is 0 Å². The molecule has 0 heterocycles. The van der Waals surface area contributed by atoms with Crippen LogP contribution in [0.3, 0.4) is 0 Å². The van der Waals surface area contributed by atoms with Crippen LogP contribution < -0.4 is 26.4 Å². The number of carbonyl (C=O) groups excluding carboxylic acids is 4. The smallest absolute Gasteiger partial charge is 0.308 e. The van der Waals surface area contributed by atoms with E-state index < -0.39 is 28.6 Å². The second kappa shape index (κ2) is 20.3. The molecule has 1 aliphatic carbocycles. The van der Waals surface area contributed by atoms with Crippen molar-refractivity contribution in [3.63, 3.8) is 0 Å². The Morgan fingerprint density at radius 1 is 1.06 bits per heavy atom. The molecule has 1 aromatic rings. The van der Waals surface area contributed by atoms with Crippen LogP contribution in [0.15, 0.2) is 23.9 Å². The van der Waals surface area contributed by atoms with Gasteiger partial charge in [0.15, 0.2) is 5.67 Å². The number of alkyl halides is 1. The number of amides is 3. The molecule has 0 bridgehead atoms. The second-order valence-electron chi connectivity index (χ2n) is 13.8. The highest BCUT2D eigenvalue weighted by atomic mass is 32.1. The molecule has 1 fully saturated rings. The topological polar surface area (TPSA) is 158 Å². The van der Waals surface area contributed by atoms with Gasteiger partial charge in [0.05, 0.1) is 19.6 Å². The van der Waals surface area contributed by atoms with Gasteiger partial charge in [0.25, 0.3) is 5.91 Å².